The topological polar surface area (TPSA) is 87.2 Å². The van der Waals surface area contributed by atoms with Crippen LogP contribution in [0.2, 0.25) is 0 Å². The van der Waals surface area contributed by atoms with E-state index in [0.29, 0.717) is 19.5 Å². The van der Waals surface area contributed by atoms with Crippen molar-refractivity contribution in [2.75, 3.05) is 39.8 Å². The quantitative estimate of drug-likeness (QED) is 0.521. The highest BCUT2D eigenvalue weighted by Gasteiger charge is 2.19. The van der Waals surface area contributed by atoms with Crippen molar-refractivity contribution in [3.05, 3.63) is 0 Å². The maximum absolute atomic E-state index is 11.9. The normalized spacial score (nSPS) is 15.9. The molecule has 7 nitrogen and oxygen atoms in total. The van der Waals surface area contributed by atoms with Gasteiger partial charge in [0.15, 0.2) is 0 Å². The Morgan fingerprint density at radius 3 is 2.30 bits per heavy atom. The van der Waals surface area contributed by atoms with Crippen molar-refractivity contribution in [3.8, 4) is 0 Å². The van der Waals surface area contributed by atoms with Crippen molar-refractivity contribution in [3.63, 3.8) is 0 Å². The second-order valence-electron chi connectivity index (χ2n) is 4.90. The standard InChI is InChI=1S/C13H22N2O5/c1-14-6-8-15(9-7-14)11(16)4-5-13(19)20-10-2-3-12(17)18/h2-10H2,1H3,(H,17,18). The summed E-state index contributed by atoms with van der Waals surface area (Å²) in [6, 6.07) is 0. The number of amides is 1. The minimum absolute atomic E-state index is 0.0203. The van der Waals surface area contributed by atoms with E-state index >= 15 is 0 Å². The molecule has 0 atom stereocenters. The first-order chi connectivity index (χ1) is 9.49. The van der Waals surface area contributed by atoms with Crippen molar-refractivity contribution in [1.29, 1.82) is 0 Å². The molecule has 1 amide bonds. The highest BCUT2D eigenvalue weighted by molar-refractivity contribution is 5.81. The number of carboxylic acids is 1. The third kappa shape index (κ3) is 6.51. The number of esters is 1. The minimum atomic E-state index is -0.911. The Hall–Kier alpha value is -1.63. The number of carbonyl (C=O) groups is 3. The lowest BCUT2D eigenvalue weighted by Crippen LogP contribution is -2.47. The number of piperazine rings is 1. The Balaban J connectivity index is 2.11. The SMILES string of the molecule is CN1CCN(C(=O)CCC(=O)OCCCC(=O)O)CC1. The fraction of sp³-hybridized carbons (Fsp3) is 0.769. The first kappa shape index (κ1) is 16.4. The minimum Gasteiger partial charge on any atom is -0.481 e. The molecule has 1 N–H and O–H groups in total. The Kier molecular flexibility index (Phi) is 7.00. The van der Waals surface area contributed by atoms with E-state index in [1.165, 1.54) is 0 Å². The number of carbonyl (C=O) groups excluding carboxylic acids is 2. The summed E-state index contributed by atoms with van der Waals surface area (Å²) >= 11 is 0. The van der Waals surface area contributed by atoms with E-state index in [4.69, 9.17) is 9.84 Å². The number of ether oxygens (including phenoxy) is 1. The van der Waals surface area contributed by atoms with Crippen molar-refractivity contribution in [1.82, 2.24) is 9.80 Å². The maximum Gasteiger partial charge on any atom is 0.306 e. The van der Waals surface area contributed by atoms with Crippen LogP contribution in [0.4, 0.5) is 0 Å². The highest BCUT2D eigenvalue weighted by Crippen LogP contribution is 2.04. The molecule has 0 aromatic heterocycles. The summed E-state index contributed by atoms with van der Waals surface area (Å²) in [5, 5.41) is 8.42. The van der Waals surface area contributed by atoms with Crippen LogP contribution in [0.3, 0.4) is 0 Å². The van der Waals surface area contributed by atoms with E-state index < -0.39 is 11.9 Å². The third-order valence-electron chi connectivity index (χ3n) is 3.20. The largest absolute Gasteiger partial charge is 0.481 e. The molecule has 0 radical (unpaired) electrons. The van der Waals surface area contributed by atoms with Gasteiger partial charge < -0.3 is 19.6 Å². The second kappa shape index (κ2) is 8.52. The molecule has 0 aliphatic carbocycles. The van der Waals surface area contributed by atoms with Gasteiger partial charge in [-0.05, 0) is 13.5 Å². The molecule has 0 unspecified atom stereocenters. The number of hydrogen-bond acceptors (Lipinski definition) is 5. The summed E-state index contributed by atoms with van der Waals surface area (Å²) in [4.78, 5) is 37.4. The predicted octanol–water partition coefficient (Wildman–Crippen LogP) is -0.0514. The molecule has 1 fully saturated rings. The summed E-state index contributed by atoms with van der Waals surface area (Å²) < 4.78 is 4.87. The number of carboxylic acid groups (broad SMARTS) is 1. The lowest BCUT2D eigenvalue weighted by molar-refractivity contribution is -0.147. The monoisotopic (exact) mass is 286 g/mol. The maximum atomic E-state index is 11.9. The van der Waals surface area contributed by atoms with E-state index in [0.717, 1.165) is 13.1 Å². The molecule has 114 valence electrons. The van der Waals surface area contributed by atoms with Gasteiger partial charge in [-0.1, -0.05) is 0 Å². The van der Waals surface area contributed by atoms with Crippen molar-refractivity contribution < 1.29 is 24.2 Å². The van der Waals surface area contributed by atoms with E-state index in [-0.39, 0.29) is 31.8 Å². The first-order valence-corrected chi connectivity index (χ1v) is 6.83. The van der Waals surface area contributed by atoms with E-state index in [2.05, 4.69) is 4.90 Å². The average molecular weight is 286 g/mol. The lowest BCUT2D eigenvalue weighted by atomic mass is 10.2. The van der Waals surface area contributed by atoms with Crippen LogP contribution in [0.1, 0.15) is 25.7 Å². The Morgan fingerprint density at radius 2 is 1.70 bits per heavy atom. The summed E-state index contributed by atoms with van der Waals surface area (Å²) in [7, 11) is 2.01. The van der Waals surface area contributed by atoms with Crippen LogP contribution in [0.25, 0.3) is 0 Å². The van der Waals surface area contributed by atoms with E-state index in [1.54, 1.807) is 4.90 Å². The molecule has 1 aliphatic heterocycles. The lowest BCUT2D eigenvalue weighted by Gasteiger charge is -2.32. The second-order valence-corrected chi connectivity index (χ2v) is 4.90. The third-order valence-corrected chi connectivity index (χ3v) is 3.20. The molecular formula is C13H22N2O5. The van der Waals surface area contributed by atoms with Gasteiger partial charge in [-0.25, -0.2) is 0 Å². The van der Waals surface area contributed by atoms with Gasteiger partial charge in [0.2, 0.25) is 5.91 Å². The van der Waals surface area contributed by atoms with Gasteiger partial charge in [0.1, 0.15) is 0 Å². The van der Waals surface area contributed by atoms with Crippen molar-refractivity contribution in [2.45, 2.75) is 25.7 Å². The molecule has 1 saturated heterocycles. The number of aliphatic carboxylic acids is 1. The van der Waals surface area contributed by atoms with Gasteiger partial charge >= 0.3 is 11.9 Å². The van der Waals surface area contributed by atoms with Gasteiger partial charge in [-0.2, -0.15) is 0 Å². The molecule has 0 saturated carbocycles. The van der Waals surface area contributed by atoms with Crippen LogP contribution in [0, 0.1) is 0 Å². The molecule has 0 spiro atoms. The molecule has 0 aromatic carbocycles. The van der Waals surface area contributed by atoms with E-state index in [9.17, 15) is 14.4 Å². The molecule has 0 bridgehead atoms. The zero-order chi connectivity index (χ0) is 15.0. The summed E-state index contributed by atoms with van der Waals surface area (Å²) in [5.74, 6) is -1.38. The predicted molar refractivity (Wildman–Crippen MR) is 71.1 cm³/mol. The van der Waals surface area contributed by atoms with Crippen LogP contribution >= 0.6 is 0 Å². The number of nitrogens with zero attached hydrogens (tertiary/aromatic N) is 2. The zero-order valence-electron chi connectivity index (χ0n) is 11.8. The first-order valence-electron chi connectivity index (χ1n) is 6.83. The molecule has 1 heterocycles. The Morgan fingerprint density at radius 1 is 1.05 bits per heavy atom. The molecule has 0 aromatic rings. The van der Waals surface area contributed by atoms with Gasteiger partial charge in [-0.15, -0.1) is 0 Å². The summed E-state index contributed by atoms with van der Waals surface area (Å²) in [6.07, 6.45) is 0.487. The van der Waals surface area contributed by atoms with Crippen LogP contribution in [-0.2, 0) is 19.1 Å². The van der Waals surface area contributed by atoms with E-state index in [1.807, 2.05) is 7.05 Å². The van der Waals surface area contributed by atoms with Crippen molar-refractivity contribution >= 4 is 17.8 Å². The Bertz CT molecular complexity index is 351. The number of rotatable bonds is 7. The Labute approximate surface area is 118 Å². The van der Waals surface area contributed by atoms with Gasteiger partial charge in [0, 0.05) is 39.0 Å². The summed E-state index contributed by atoms with van der Waals surface area (Å²) in [5.41, 5.74) is 0. The smallest absolute Gasteiger partial charge is 0.306 e. The molecule has 1 rings (SSSR count). The van der Waals surface area contributed by atoms with Gasteiger partial charge in [0.05, 0.1) is 13.0 Å². The van der Waals surface area contributed by atoms with Crippen LogP contribution in [-0.4, -0.2) is 72.6 Å². The zero-order valence-corrected chi connectivity index (χ0v) is 11.8. The molecular weight excluding hydrogens is 264 g/mol. The molecule has 7 heteroatoms. The van der Waals surface area contributed by atoms with Crippen LogP contribution < -0.4 is 0 Å². The summed E-state index contributed by atoms with van der Waals surface area (Å²) in [6.45, 7) is 3.19. The van der Waals surface area contributed by atoms with Crippen LogP contribution in [0.5, 0.6) is 0 Å². The van der Waals surface area contributed by atoms with Gasteiger partial charge in [0.25, 0.3) is 0 Å². The highest BCUT2D eigenvalue weighted by atomic mass is 16.5. The fourth-order valence-corrected chi connectivity index (χ4v) is 1.90. The van der Waals surface area contributed by atoms with Gasteiger partial charge in [-0.3, -0.25) is 14.4 Å². The molecule has 20 heavy (non-hydrogen) atoms. The molecule has 1 aliphatic rings. The average Bonchev–Trinajstić information content (AvgIpc) is 2.41. The number of hydrogen-bond donors (Lipinski definition) is 1. The number of likely N-dealkylation sites (N-methyl/N-ethyl adjacent to an activating group) is 1. The van der Waals surface area contributed by atoms with Crippen molar-refractivity contribution in [2.24, 2.45) is 0 Å². The fourth-order valence-electron chi connectivity index (χ4n) is 1.90. The van der Waals surface area contributed by atoms with Crippen LogP contribution in [0.15, 0.2) is 0 Å².